The van der Waals surface area contributed by atoms with Gasteiger partial charge in [0.2, 0.25) is 0 Å². The van der Waals surface area contributed by atoms with Gasteiger partial charge in [-0.25, -0.2) is 8.42 Å². The zero-order valence-corrected chi connectivity index (χ0v) is 10.9. The molecule has 3 nitrogen and oxygen atoms in total. The Hall–Kier alpha value is -1.13. The number of para-hydroxylation sites is 1. The third kappa shape index (κ3) is 2.15. The molecule has 0 fully saturated rings. The summed E-state index contributed by atoms with van der Waals surface area (Å²) in [6, 6.07) is 8.71. The van der Waals surface area contributed by atoms with Gasteiger partial charge < -0.3 is 0 Å². The van der Waals surface area contributed by atoms with Crippen molar-refractivity contribution in [1.29, 1.82) is 0 Å². The molecule has 1 aromatic heterocycles. The lowest BCUT2D eigenvalue weighted by Crippen LogP contribution is -2.19. The number of alkyl halides is 1. The Kier molecular flexibility index (Phi) is 3.35. The van der Waals surface area contributed by atoms with Crippen molar-refractivity contribution in [1.82, 2.24) is 4.98 Å². The van der Waals surface area contributed by atoms with Gasteiger partial charge in [0.05, 0.1) is 15.7 Å². The third-order valence-corrected chi connectivity index (χ3v) is 5.50. The molecule has 0 bridgehead atoms. The Morgan fingerprint density at radius 3 is 2.71 bits per heavy atom. The third-order valence-electron chi connectivity index (χ3n) is 2.66. The van der Waals surface area contributed by atoms with Gasteiger partial charge in [0.1, 0.15) is 0 Å². The molecule has 0 saturated heterocycles. The van der Waals surface area contributed by atoms with E-state index in [-0.39, 0.29) is 5.88 Å². The first-order valence-electron chi connectivity index (χ1n) is 5.21. The molecule has 0 radical (unpaired) electrons. The fourth-order valence-corrected chi connectivity index (χ4v) is 3.44. The predicted molar refractivity (Wildman–Crippen MR) is 69.1 cm³/mol. The largest absolute Gasteiger partial charge is 0.256 e. The van der Waals surface area contributed by atoms with Gasteiger partial charge >= 0.3 is 0 Å². The number of benzene rings is 1. The van der Waals surface area contributed by atoms with Crippen LogP contribution in [0, 0.1) is 0 Å². The molecule has 1 unspecified atom stereocenters. The van der Waals surface area contributed by atoms with E-state index >= 15 is 0 Å². The van der Waals surface area contributed by atoms with Crippen LogP contribution in [-0.2, 0) is 9.84 Å². The van der Waals surface area contributed by atoms with Gasteiger partial charge in [-0.05, 0) is 19.1 Å². The van der Waals surface area contributed by atoms with Crippen LogP contribution in [0.2, 0.25) is 0 Å². The summed E-state index contributed by atoms with van der Waals surface area (Å²) in [5.74, 6) is 0.0823. The molecule has 2 rings (SSSR count). The van der Waals surface area contributed by atoms with E-state index in [0.717, 1.165) is 0 Å². The van der Waals surface area contributed by atoms with Gasteiger partial charge in [0, 0.05) is 17.5 Å². The van der Waals surface area contributed by atoms with Crippen molar-refractivity contribution in [3.05, 3.63) is 36.5 Å². The number of pyridine rings is 1. The Morgan fingerprint density at radius 1 is 1.29 bits per heavy atom. The summed E-state index contributed by atoms with van der Waals surface area (Å²) in [5.41, 5.74) is 0.676. The summed E-state index contributed by atoms with van der Waals surface area (Å²) >= 11 is 5.64. The molecule has 0 aliphatic rings. The van der Waals surface area contributed by atoms with Crippen LogP contribution in [0.4, 0.5) is 0 Å². The van der Waals surface area contributed by atoms with Crippen LogP contribution in [-0.4, -0.2) is 24.5 Å². The van der Waals surface area contributed by atoms with Gasteiger partial charge in [-0.2, -0.15) is 0 Å². The van der Waals surface area contributed by atoms with E-state index in [1.54, 1.807) is 25.1 Å². The number of rotatable bonds is 3. The van der Waals surface area contributed by atoms with Crippen molar-refractivity contribution < 1.29 is 8.42 Å². The lowest BCUT2D eigenvalue weighted by molar-refractivity contribution is 0.588. The van der Waals surface area contributed by atoms with E-state index in [1.807, 2.05) is 6.07 Å². The maximum absolute atomic E-state index is 12.3. The summed E-state index contributed by atoms with van der Waals surface area (Å²) in [6.07, 6.45) is 1.51. The smallest absolute Gasteiger partial charge is 0.182 e. The van der Waals surface area contributed by atoms with Crippen molar-refractivity contribution in [2.24, 2.45) is 0 Å². The van der Waals surface area contributed by atoms with Gasteiger partial charge in [-0.3, -0.25) is 4.98 Å². The van der Waals surface area contributed by atoms with Crippen LogP contribution in [0.3, 0.4) is 0 Å². The van der Waals surface area contributed by atoms with Crippen molar-refractivity contribution in [3.8, 4) is 0 Å². The van der Waals surface area contributed by atoms with Crippen LogP contribution in [0.15, 0.2) is 41.4 Å². The van der Waals surface area contributed by atoms with E-state index in [0.29, 0.717) is 15.8 Å². The van der Waals surface area contributed by atoms with Gasteiger partial charge in [0.25, 0.3) is 0 Å². The van der Waals surface area contributed by atoms with Crippen molar-refractivity contribution in [2.75, 3.05) is 5.88 Å². The predicted octanol–water partition coefficient (Wildman–Crippen LogP) is 2.64. The Morgan fingerprint density at radius 2 is 2.00 bits per heavy atom. The molecule has 0 N–H and O–H groups in total. The summed E-state index contributed by atoms with van der Waals surface area (Å²) in [6.45, 7) is 1.61. The van der Waals surface area contributed by atoms with Crippen molar-refractivity contribution in [3.63, 3.8) is 0 Å². The van der Waals surface area contributed by atoms with Crippen molar-refractivity contribution >= 4 is 32.3 Å². The fraction of sp³-hybridized carbons (Fsp3) is 0.250. The molecule has 0 amide bonds. The number of sulfone groups is 1. The molecule has 1 atom stereocenters. The molecule has 0 saturated carbocycles. The lowest BCUT2D eigenvalue weighted by atomic mass is 10.2. The second kappa shape index (κ2) is 4.63. The van der Waals surface area contributed by atoms with Crippen LogP contribution >= 0.6 is 11.6 Å². The highest BCUT2D eigenvalue weighted by molar-refractivity contribution is 7.92. The van der Waals surface area contributed by atoms with Gasteiger partial charge in [0.15, 0.2) is 9.84 Å². The molecule has 1 heterocycles. The molecule has 0 aliphatic heterocycles. The van der Waals surface area contributed by atoms with Crippen LogP contribution < -0.4 is 0 Å². The minimum absolute atomic E-state index is 0.0823. The van der Waals surface area contributed by atoms with E-state index in [2.05, 4.69) is 4.98 Å². The minimum atomic E-state index is -3.39. The number of halogens is 1. The topological polar surface area (TPSA) is 47.0 Å². The van der Waals surface area contributed by atoms with Gasteiger partial charge in [-0.1, -0.05) is 18.2 Å². The second-order valence-corrected chi connectivity index (χ2v) is 6.48. The number of fused-ring (bicyclic) bond motifs is 1. The molecule has 90 valence electrons. The zero-order valence-electron chi connectivity index (χ0n) is 9.30. The SMILES string of the molecule is CC(CCl)S(=O)(=O)c1ccnc2ccccc12. The Bertz CT molecular complexity index is 635. The first-order valence-corrected chi connectivity index (χ1v) is 7.29. The number of aromatic nitrogens is 1. The first kappa shape index (κ1) is 12.3. The Labute approximate surface area is 105 Å². The highest BCUT2D eigenvalue weighted by atomic mass is 35.5. The van der Waals surface area contributed by atoms with Crippen molar-refractivity contribution in [2.45, 2.75) is 17.1 Å². The average Bonchev–Trinajstić information content (AvgIpc) is 2.37. The quantitative estimate of drug-likeness (QED) is 0.805. The monoisotopic (exact) mass is 269 g/mol. The second-order valence-electron chi connectivity index (χ2n) is 3.84. The molecule has 17 heavy (non-hydrogen) atoms. The lowest BCUT2D eigenvalue weighted by Gasteiger charge is -2.11. The molecular weight excluding hydrogens is 258 g/mol. The number of nitrogens with zero attached hydrogens (tertiary/aromatic N) is 1. The van der Waals surface area contributed by atoms with Gasteiger partial charge in [-0.15, -0.1) is 11.6 Å². The molecular formula is C12H12ClNO2S. The maximum atomic E-state index is 12.3. The summed E-state index contributed by atoms with van der Waals surface area (Å²) in [4.78, 5) is 4.45. The van der Waals surface area contributed by atoms with E-state index in [1.165, 1.54) is 12.3 Å². The highest BCUT2D eigenvalue weighted by Gasteiger charge is 2.24. The maximum Gasteiger partial charge on any atom is 0.182 e. The van der Waals surface area contributed by atoms with Crippen LogP contribution in [0.5, 0.6) is 0 Å². The van der Waals surface area contributed by atoms with Crippen LogP contribution in [0.25, 0.3) is 10.9 Å². The molecule has 5 heteroatoms. The highest BCUT2D eigenvalue weighted by Crippen LogP contribution is 2.24. The molecule has 1 aromatic carbocycles. The zero-order chi connectivity index (χ0) is 12.5. The standard InChI is InChI=1S/C12H12ClNO2S/c1-9(8-13)17(15,16)12-6-7-14-11-5-3-2-4-10(11)12/h2-7,9H,8H2,1H3. The first-order chi connectivity index (χ1) is 8.07. The summed E-state index contributed by atoms with van der Waals surface area (Å²) in [5, 5.41) is 0.0435. The van der Waals surface area contributed by atoms with E-state index < -0.39 is 15.1 Å². The minimum Gasteiger partial charge on any atom is -0.256 e. The fourth-order valence-electron chi connectivity index (χ4n) is 1.62. The average molecular weight is 270 g/mol. The summed E-state index contributed by atoms with van der Waals surface area (Å²) in [7, 11) is -3.39. The summed E-state index contributed by atoms with van der Waals surface area (Å²) < 4.78 is 24.5. The molecule has 0 spiro atoms. The molecule has 2 aromatic rings. The van der Waals surface area contributed by atoms with Crippen LogP contribution in [0.1, 0.15) is 6.92 Å². The number of hydrogen-bond donors (Lipinski definition) is 0. The number of hydrogen-bond acceptors (Lipinski definition) is 3. The van der Waals surface area contributed by atoms with E-state index in [9.17, 15) is 8.42 Å². The Balaban J connectivity index is 2.72. The normalized spacial score (nSPS) is 13.8. The molecule has 0 aliphatic carbocycles. The van der Waals surface area contributed by atoms with E-state index in [4.69, 9.17) is 11.6 Å².